The first kappa shape index (κ1) is 17.7. The molecular formula is C19H19N3O4. The maximum Gasteiger partial charge on any atom is 0.331 e. The van der Waals surface area contributed by atoms with Crippen LogP contribution in [0.2, 0.25) is 0 Å². The summed E-state index contributed by atoms with van der Waals surface area (Å²) in [4.78, 5) is 38.3. The number of benzene rings is 1. The molecule has 2 aliphatic rings. The number of nitriles is 1. The van der Waals surface area contributed by atoms with Gasteiger partial charge in [0, 0.05) is 6.04 Å². The van der Waals surface area contributed by atoms with Gasteiger partial charge in [0.25, 0.3) is 11.8 Å². The highest BCUT2D eigenvalue weighted by Crippen LogP contribution is 2.26. The van der Waals surface area contributed by atoms with Crippen molar-refractivity contribution in [2.75, 3.05) is 6.61 Å². The fourth-order valence-electron chi connectivity index (χ4n) is 3.28. The smallest absolute Gasteiger partial charge is 0.331 e. The molecule has 2 fully saturated rings. The maximum atomic E-state index is 12.8. The van der Waals surface area contributed by atoms with Crippen LogP contribution in [0.25, 0.3) is 6.08 Å². The van der Waals surface area contributed by atoms with Gasteiger partial charge in [0.2, 0.25) is 0 Å². The number of barbiturate groups is 1. The lowest BCUT2D eigenvalue weighted by Crippen LogP contribution is -2.58. The lowest BCUT2D eigenvalue weighted by Gasteiger charge is -2.35. The van der Waals surface area contributed by atoms with Gasteiger partial charge in [-0.1, -0.05) is 31.4 Å². The molecule has 0 atom stereocenters. The van der Waals surface area contributed by atoms with Crippen LogP contribution in [-0.2, 0) is 9.59 Å². The molecule has 7 nitrogen and oxygen atoms in total. The van der Waals surface area contributed by atoms with E-state index >= 15 is 0 Å². The number of hydrogen-bond acceptors (Lipinski definition) is 5. The van der Waals surface area contributed by atoms with Gasteiger partial charge in [0.1, 0.15) is 17.4 Å². The monoisotopic (exact) mass is 353 g/mol. The minimum absolute atomic E-state index is 0.0548. The zero-order valence-corrected chi connectivity index (χ0v) is 14.2. The van der Waals surface area contributed by atoms with Crippen molar-refractivity contribution in [3.8, 4) is 11.8 Å². The van der Waals surface area contributed by atoms with Gasteiger partial charge in [0.05, 0.1) is 0 Å². The molecule has 0 spiro atoms. The molecule has 1 aromatic carbocycles. The van der Waals surface area contributed by atoms with Crippen LogP contribution in [0, 0.1) is 11.3 Å². The number of nitrogens with zero attached hydrogens (tertiary/aromatic N) is 2. The quantitative estimate of drug-likeness (QED) is 0.662. The molecule has 134 valence electrons. The highest BCUT2D eigenvalue weighted by atomic mass is 16.5. The zero-order valence-electron chi connectivity index (χ0n) is 14.2. The molecule has 0 bridgehead atoms. The van der Waals surface area contributed by atoms with Crippen LogP contribution in [-0.4, -0.2) is 35.4 Å². The number of imide groups is 2. The van der Waals surface area contributed by atoms with Crippen molar-refractivity contribution in [1.29, 1.82) is 5.26 Å². The lowest BCUT2D eigenvalue weighted by atomic mass is 9.93. The van der Waals surface area contributed by atoms with Crippen molar-refractivity contribution in [2.24, 2.45) is 0 Å². The third kappa shape index (κ3) is 3.75. The van der Waals surface area contributed by atoms with Gasteiger partial charge < -0.3 is 4.74 Å². The Bertz CT molecular complexity index is 786. The summed E-state index contributed by atoms with van der Waals surface area (Å²) in [6.45, 7) is -0.0558. The number of urea groups is 1. The Balaban J connectivity index is 1.82. The topological polar surface area (TPSA) is 99.5 Å². The van der Waals surface area contributed by atoms with Crippen LogP contribution in [0.3, 0.4) is 0 Å². The summed E-state index contributed by atoms with van der Waals surface area (Å²) in [5.74, 6) is -0.709. The minimum atomic E-state index is -0.683. The van der Waals surface area contributed by atoms with Crippen molar-refractivity contribution in [3.05, 3.63) is 35.4 Å². The second-order valence-corrected chi connectivity index (χ2v) is 6.30. The van der Waals surface area contributed by atoms with Crippen LogP contribution in [0.1, 0.15) is 37.7 Å². The molecule has 4 amide bonds. The standard InChI is InChI=1S/C19H19N3O4/c20-10-11-26-15-8-6-13(7-9-15)12-16-17(23)21-19(25)22(18(16)24)14-4-2-1-3-5-14/h6-9,12,14H,1-5,11H2,(H,21,23,25). The summed E-state index contributed by atoms with van der Waals surface area (Å²) in [5, 5.41) is 10.8. The van der Waals surface area contributed by atoms with E-state index in [1.165, 1.54) is 11.0 Å². The van der Waals surface area contributed by atoms with Gasteiger partial charge in [-0.2, -0.15) is 5.26 Å². The highest BCUT2D eigenvalue weighted by Gasteiger charge is 2.40. The van der Waals surface area contributed by atoms with Gasteiger partial charge >= 0.3 is 6.03 Å². The molecule has 1 heterocycles. The van der Waals surface area contributed by atoms with Crippen LogP contribution >= 0.6 is 0 Å². The molecule has 0 unspecified atom stereocenters. The Morgan fingerprint density at radius 1 is 1.15 bits per heavy atom. The summed E-state index contributed by atoms with van der Waals surface area (Å²) in [6.07, 6.45) is 6.05. The second-order valence-electron chi connectivity index (χ2n) is 6.30. The molecule has 0 aromatic heterocycles. The zero-order chi connectivity index (χ0) is 18.5. The molecule has 26 heavy (non-hydrogen) atoms. The number of nitrogens with one attached hydrogen (secondary N) is 1. The molecule has 7 heteroatoms. The molecule has 1 aliphatic carbocycles. The summed E-state index contributed by atoms with van der Waals surface area (Å²) >= 11 is 0. The predicted molar refractivity (Wildman–Crippen MR) is 92.8 cm³/mol. The van der Waals surface area contributed by atoms with E-state index in [9.17, 15) is 14.4 Å². The average molecular weight is 353 g/mol. The number of carbonyl (C=O) groups excluding carboxylic acids is 3. The summed E-state index contributed by atoms with van der Waals surface area (Å²) in [5.41, 5.74) is 0.576. The van der Waals surface area contributed by atoms with Crippen molar-refractivity contribution in [1.82, 2.24) is 10.2 Å². The highest BCUT2D eigenvalue weighted by molar-refractivity contribution is 6.31. The van der Waals surface area contributed by atoms with Crippen molar-refractivity contribution >= 4 is 23.9 Å². The average Bonchev–Trinajstić information content (AvgIpc) is 2.65. The Labute approximate surface area is 151 Å². The van der Waals surface area contributed by atoms with Crippen LogP contribution in [0.15, 0.2) is 29.8 Å². The second kappa shape index (κ2) is 7.83. The van der Waals surface area contributed by atoms with Gasteiger partial charge in [-0.15, -0.1) is 0 Å². The van der Waals surface area contributed by atoms with Crippen LogP contribution in [0.5, 0.6) is 5.75 Å². The first-order valence-corrected chi connectivity index (χ1v) is 8.60. The SMILES string of the molecule is N#CCOc1ccc(C=C2C(=O)NC(=O)N(C3CCCCC3)C2=O)cc1. The Hall–Kier alpha value is -3.14. The number of rotatable bonds is 4. The van der Waals surface area contributed by atoms with Crippen molar-refractivity contribution < 1.29 is 19.1 Å². The summed E-state index contributed by atoms with van der Waals surface area (Å²) in [7, 11) is 0. The molecule has 1 N–H and O–H groups in total. The largest absolute Gasteiger partial charge is 0.479 e. The number of hydrogen-bond donors (Lipinski definition) is 1. The minimum Gasteiger partial charge on any atom is -0.479 e. The summed E-state index contributed by atoms with van der Waals surface area (Å²) < 4.78 is 5.17. The molecule has 0 radical (unpaired) electrons. The van der Waals surface area contributed by atoms with Crippen molar-refractivity contribution in [2.45, 2.75) is 38.1 Å². The van der Waals surface area contributed by atoms with Crippen molar-refractivity contribution in [3.63, 3.8) is 0 Å². The Kier molecular flexibility index (Phi) is 5.32. The normalized spacial score (nSPS) is 20.0. The Morgan fingerprint density at radius 2 is 1.85 bits per heavy atom. The maximum absolute atomic E-state index is 12.8. The third-order valence-electron chi connectivity index (χ3n) is 4.57. The van der Waals surface area contributed by atoms with Crippen LogP contribution < -0.4 is 10.1 Å². The van der Waals surface area contributed by atoms with Gasteiger partial charge in [-0.05, 0) is 36.6 Å². The number of carbonyl (C=O) groups is 3. The summed E-state index contributed by atoms with van der Waals surface area (Å²) in [6, 6.07) is 7.75. The van der Waals surface area contributed by atoms with Gasteiger partial charge in [-0.3, -0.25) is 19.8 Å². The predicted octanol–water partition coefficient (Wildman–Crippen LogP) is 2.38. The first-order valence-electron chi connectivity index (χ1n) is 8.60. The van der Waals surface area contributed by atoms with Gasteiger partial charge in [-0.25, -0.2) is 4.79 Å². The molecule has 3 rings (SSSR count). The fraction of sp³-hybridized carbons (Fsp3) is 0.368. The Morgan fingerprint density at radius 3 is 2.50 bits per heavy atom. The van der Waals surface area contributed by atoms with E-state index in [1.54, 1.807) is 24.3 Å². The van der Waals surface area contributed by atoms with E-state index in [2.05, 4.69) is 5.32 Å². The first-order chi connectivity index (χ1) is 12.6. The van der Waals surface area contributed by atoms with Crippen LogP contribution in [0.4, 0.5) is 4.79 Å². The van der Waals surface area contributed by atoms with E-state index < -0.39 is 17.8 Å². The van der Waals surface area contributed by atoms with Gasteiger partial charge in [0.15, 0.2) is 6.61 Å². The number of ether oxygens (including phenoxy) is 1. The molecule has 1 aromatic rings. The molecular weight excluding hydrogens is 334 g/mol. The molecule has 1 aliphatic heterocycles. The fourth-order valence-corrected chi connectivity index (χ4v) is 3.28. The third-order valence-corrected chi connectivity index (χ3v) is 4.57. The van der Waals surface area contributed by atoms with E-state index in [-0.39, 0.29) is 18.2 Å². The number of amides is 4. The lowest BCUT2D eigenvalue weighted by molar-refractivity contribution is -0.132. The van der Waals surface area contributed by atoms with E-state index in [1.807, 2.05) is 6.07 Å². The van der Waals surface area contributed by atoms with E-state index in [0.717, 1.165) is 32.1 Å². The molecule has 1 saturated heterocycles. The molecule has 1 saturated carbocycles. The van der Waals surface area contributed by atoms with E-state index in [0.29, 0.717) is 11.3 Å². The van der Waals surface area contributed by atoms with E-state index in [4.69, 9.17) is 10.00 Å².